The van der Waals surface area contributed by atoms with Crippen LogP contribution in [-0.4, -0.2) is 69.6 Å². The molecule has 1 aliphatic carbocycles. The van der Waals surface area contributed by atoms with E-state index in [1.54, 1.807) is 0 Å². The van der Waals surface area contributed by atoms with E-state index in [1.807, 2.05) is 7.05 Å². The summed E-state index contributed by atoms with van der Waals surface area (Å²) in [6, 6.07) is 8.74. The predicted molar refractivity (Wildman–Crippen MR) is 128 cm³/mol. The normalized spacial score (nSPS) is 24.9. The average Bonchev–Trinajstić information content (AvgIpc) is 2.86. The molecule has 6 nitrogen and oxygen atoms in total. The lowest BCUT2D eigenvalue weighted by atomic mass is 9.89. The van der Waals surface area contributed by atoms with Crippen molar-refractivity contribution in [3.63, 3.8) is 0 Å². The summed E-state index contributed by atoms with van der Waals surface area (Å²) in [5, 5.41) is 3.53. The maximum absolute atomic E-state index is 6.24. The zero-order chi connectivity index (χ0) is 22.0. The second-order valence-corrected chi connectivity index (χ2v) is 9.29. The van der Waals surface area contributed by atoms with Gasteiger partial charge in [0, 0.05) is 39.9 Å². The Bertz CT molecular complexity index is 712. The van der Waals surface area contributed by atoms with E-state index in [4.69, 9.17) is 14.2 Å². The van der Waals surface area contributed by atoms with Crippen molar-refractivity contribution in [1.29, 1.82) is 0 Å². The average molecular weight is 444 g/mol. The molecule has 0 radical (unpaired) electrons. The van der Waals surface area contributed by atoms with Gasteiger partial charge in [-0.15, -0.1) is 0 Å². The van der Waals surface area contributed by atoms with Crippen molar-refractivity contribution in [1.82, 2.24) is 10.2 Å². The number of likely N-dealkylation sites (tertiary alicyclic amines) is 1. The van der Waals surface area contributed by atoms with Crippen molar-refractivity contribution in [3.8, 4) is 0 Å². The zero-order valence-corrected chi connectivity index (χ0v) is 19.8. The molecule has 178 valence electrons. The van der Waals surface area contributed by atoms with Gasteiger partial charge in [-0.05, 0) is 68.9 Å². The minimum absolute atomic E-state index is 0.261. The van der Waals surface area contributed by atoms with Gasteiger partial charge >= 0.3 is 0 Å². The zero-order valence-electron chi connectivity index (χ0n) is 19.8. The Morgan fingerprint density at radius 2 is 1.97 bits per heavy atom. The number of nitrogens with one attached hydrogen (secondary N) is 1. The maximum atomic E-state index is 6.24. The van der Waals surface area contributed by atoms with Crippen LogP contribution in [0.25, 0.3) is 0 Å². The molecule has 2 aliphatic heterocycles. The number of hydrogen-bond acceptors (Lipinski definition) is 4. The highest BCUT2D eigenvalue weighted by atomic mass is 16.5. The van der Waals surface area contributed by atoms with Crippen molar-refractivity contribution >= 4 is 5.96 Å². The number of aryl methyl sites for hydroxylation is 1. The monoisotopic (exact) mass is 443 g/mol. The third-order valence-electron chi connectivity index (χ3n) is 6.98. The highest BCUT2D eigenvalue weighted by molar-refractivity contribution is 5.79. The molecule has 0 amide bonds. The lowest BCUT2D eigenvalue weighted by Gasteiger charge is -2.35. The lowest BCUT2D eigenvalue weighted by Crippen LogP contribution is -2.47. The number of aliphatic imine (C=N–C) groups is 1. The number of hydrogen-bond donors (Lipinski definition) is 1. The highest BCUT2D eigenvalue weighted by Crippen LogP contribution is 2.32. The van der Waals surface area contributed by atoms with Gasteiger partial charge in [-0.25, -0.2) is 0 Å². The molecular formula is C26H41N3O3. The fourth-order valence-corrected chi connectivity index (χ4v) is 5.13. The Morgan fingerprint density at radius 3 is 2.78 bits per heavy atom. The fourth-order valence-electron chi connectivity index (χ4n) is 5.13. The Kier molecular flexibility index (Phi) is 9.24. The minimum atomic E-state index is 0.261. The molecule has 0 bridgehead atoms. The standard InChI is InChI=1S/C26H41N3O3/c1-27-26(29-16-13-22(14-17-29)32-20-23-10-4-5-18-30-23)28-15-7-19-31-25-12-6-9-21-8-2-3-11-24(21)25/h2-3,8,11,22-23,25H,4-7,9-10,12-20H2,1H3,(H,27,28). The summed E-state index contributed by atoms with van der Waals surface area (Å²) in [5.74, 6) is 1.00. The molecule has 0 spiro atoms. The molecule has 32 heavy (non-hydrogen) atoms. The van der Waals surface area contributed by atoms with Gasteiger partial charge in [0.25, 0.3) is 0 Å². The van der Waals surface area contributed by atoms with E-state index in [1.165, 1.54) is 36.8 Å². The summed E-state index contributed by atoms with van der Waals surface area (Å²) < 4.78 is 18.2. The van der Waals surface area contributed by atoms with Gasteiger partial charge < -0.3 is 24.4 Å². The first kappa shape index (κ1) is 23.5. The van der Waals surface area contributed by atoms with Gasteiger partial charge in [0.05, 0.1) is 24.9 Å². The summed E-state index contributed by atoms with van der Waals surface area (Å²) in [5.41, 5.74) is 2.85. The highest BCUT2D eigenvalue weighted by Gasteiger charge is 2.24. The Labute approximate surface area is 193 Å². The molecule has 3 aliphatic rings. The number of guanidine groups is 1. The molecule has 2 unspecified atom stereocenters. The maximum Gasteiger partial charge on any atom is 0.193 e. The second-order valence-electron chi connectivity index (χ2n) is 9.29. The third kappa shape index (κ3) is 6.69. The van der Waals surface area contributed by atoms with E-state index >= 15 is 0 Å². The Morgan fingerprint density at radius 1 is 1.09 bits per heavy atom. The van der Waals surface area contributed by atoms with Crippen LogP contribution in [0.5, 0.6) is 0 Å². The van der Waals surface area contributed by atoms with Gasteiger partial charge in [-0.1, -0.05) is 24.3 Å². The first-order valence-corrected chi connectivity index (χ1v) is 12.7. The molecule has 0 aromatic heterocycles. The van der Waals surface area contributed by atoms with Crippen LogP contribution in [0.2, 0.25) is 0 Å². The van der Waals surface area contributed by atoms with Crippen LogP contribution in [-0.2, 0) is 20.6 Å². The van der Waals surface area contributed by atoms with Crippen LogP contribution in [0, 0.1) is 0 Å². The SMILES string of the molecule is CN=C(NCCCOC1CCCc2ccccc21)N1CCC(OCC2CCCCO2)CC1. The number of benzene rings is 1. The van der Waals surface area contributed by atoms with Crippen LogP contribution in [0.3, 0.4) is 0 Å². The topological polar surface area (TPSA) is 55.3 Å². The molecule has 1 aromatic rings. The molecule has 2 fully saturated rings. The molecule has 2 saturated heterocycles. The van der Waals surface area contributed by atoms with E-state index in [0.717, 1.165) is 77.5 Å². The van der Waals surface area contributed by atoms with Gasteiger partial charge in [-0.2, -0.15) is 0 Å². The minimum Gasteiger partial charge on any atom is -0.376 e. The molecule has 1 N–H and O–H groups in total. The van der Waals surface area contributed by atoms with Gasteiger partial charge in [0.1, 0.15) is 0 Å². The first-order valence-electron chi connectivity index (χ1n) is 12.7. The first-order chi connectivity index (χ1) is 15.8. The van der Waals surface area contributed by atoms with Crippen molar-refractivity contribution in [2.24, 2.45) is 4.99 Å². The van der Waals surface area contributed by atoms with Crippen LogP contribution in [0.4, 0.5) is 0 Å². The summed E-state index contributed by atoms with van der Waals surface area (Å²) >= 11 is 0. The number of ether oxygens (including phenoxy) is 3. The molecule has 6 heteroatoms. The van der Waals surface area contributed by atoms with Crippen LogP contribution in [0.1, 0.15) is 68.6 Å². The number of fused-ring (bicyclic) bond motifs is 1. The van der Waals surface area contributed by atoms with E-state index < -0.39 is 0 Å². The summed E-state index contributed by atoms with van der Waals surface area (Å²) in [6.45, 7) is 5.30. The second kappa shape index (κ2) is 12.6. The van der Waals surface area contributed by atoms with Crippen molar-refractivity contribution < 1.29 is 14.2 Å². The van der Waals surface area contributed by atoms with E-state index in [9.17, 15) is 0 Å². The Hall–Kier alpha value is -1.63. The van der Waals surface area contributed by atoms with E-state index in [0.29, 0.717) is 12.2 Å². The van der Waals surface area contributed by atoms with Crippen LogP contribution < -0.4 is 5.32 Å². The molecule has 0 saturated carbocycles. The van der Waals surface area contributed by atoms with Crippen molar-refractivity contribution in [2.45, 2.75) is 76.1 Å². The Balaban J connectivity index is 1.10. The van der Waals surface area contributed by atoms with Gasteiger partial charge in [0.2, 0.25) is 0 Å². The summed E-state index contributed by atoms with van der Waals surface area (Å²) in [7, 11) is 1.88. The van der Waals surface area contributed by atoms with Crippen LogP contribution >= 0.6 is 0 Å². The quantitative estimate of drug-likeness (QED) is 0.372. The van der Waals surface area contributed by atoms with E-state index in [-0.39, 0.29) is 6.10 Å². The third-order valence-corrected chi connectivity index (χ3v) is 6.98. The molecule has 2 heterocycles. The van der Waals surface area contributed by atoms with Gasteiger partial charge in [0.15, 0.2) is 5.96 Å². The van der Waals surface area contributed by atoms with Crippen molar-refractivity contribution in [3.05, 3.63) is 35.4 Å². The van der Waals surface area contributed by atoms with Gasteiger partial charge in [-0.3, -0.25) is 4.99 Å². The molecule has 4 rings (SSSR count). The fraction of sp³-hybridized carbons (Fsp3) is 0.731. The van der Waals surface area contributed by atoms with Crippen molar-refractivity contribution in [2.75, 3.05) is 46.5 Å². The smallest absolute Gasteiger partial charge is 0.193 e. The summed E-state index contributed by atoms with van der Waals surface area (Å²) in [6.07, 6.45) is 11.2. The molecule has 1 aromatic carbocycles. The predicted octanol–water partition coefficient (Wildman–Crippen LogP) is 4.10. The number of piperidine rings is 1. The largest absolute Gasteiger partial charge is 0.376 e. The van der Waals surface area contributed by atoms with Crippen LogP contribution in [0.15, 0.2) is 29.3 Å². The van der Waals surface area contributed by atoms with E-state index in [2.05, 4.69) is 39.5 Å². The number of rotatable bonds is 8. The molecular weight excluding hydrogens is 402 g/mol. The number of nitrogens with zero attached hydrogens (tertiary/aromatic N) is 2. The lowest BCUT2D eigenvalue weighted by molar-refractivity contribution is -0.0721. The summed E-state index contributed by atoms with van der Waals surface area (Å²) in [4.78, 5) is 6.86. The molecule has 2 atom stereocenters.